The second-order valence-electron chi connectivity index (χ2n) is 8.53. The van der Waals surface area contributed by atoms with Crippen LogP contribution in [-0.4, -0.2) is 64.1 Å². The Hall–Kier alpha value is -3.18. The van der Waals surface area contributed by atoms with Crippen molar-refractivity contribution in [2.75, 3.05) is 6.54 Å². The number of aromatic hydroxyl groups is 1. The van der Waals surface area contributed by atoms with E-state index in [4.69, 9.17) is 11.5 Å². The van der Waals surface area contributed by atoms with Crippen LogP contribution in [0.1, 0.15) is 45.6 Å². The molecule has 0 aromatic heterocycles. The average molecular weight is 466 g/mol. The van der Waals surface area contributed by atoms with Gasteiger partial charge in [-0.05, 0) is 64.3 Å². The Kier molecular flexibility index (Phi) is 10.8. The number of hydrogen-bond acceptors (Lipinski definition) is 7. The lowest BCUT2D eigenvalue weighted by Crippen LogP contribution is -2.58. The summed E-state index contributed by atoms with van der Waals surface area (Å²) in [7, 11) is 0. The number of nitrogens with two attached hydrogens (primary N) is 2. The molecule has 0 saturated heterocycles. The fourth-order valence-corrected chi connectivity index (χ4v) is 2.84. The molecule has 33 heavy (non-hydrogen) atoms. The van der Waals surface area contributed by atoms with Crippen molar-refractivity contribution in [1.29, 1.82) is 0 Å². The van der Waals surface area contributed by atoms with E-state index < -0.39 is 47.4 Å². The van der Waals surface area contributed by atoms with Crippen LogP contribution in [0.2, 0.25) is 0 Å². The van der Waals surface area contributed by atoms with Gasteiger partial charge < -0.3 is 37.6 Å². The van der Waals surface area contributed by atoms with E-state index in [1.165, 1.54) is 32.9 Å². The minimum atomic E-state index is -1.20. The Morgan fingerprint density at radius 3 is 2.06 bits per heavy atom. The molecule has 3 atom stereocenters. The normalized spacial score (nSPS) is 14.0. The minimum absolute atomic E-state index is 0.0374. The summed E-state index contributed by atoms with van der Waals surface area (Å²) >= 11 is 0. The summed E-state index contributed by atoms with van der Waals surface area (Å²) in [5.74, 6) is -3.03. The molecule has 9 N–H and O–H groups in total. The summed E-state index contributed by atoms with van der Waals surface area (Å²) < 4.78 is 0. The summed E-state index contributed by atoms with van der Waals surface area (Å²) in [5, 5.41) is 26.4. The molecule has 0 radical (unpaired) electrons. The fourth-order valence-electron chi connectivity index (χ4n) is 2.84. The molecule has 3 amide bonds. The van der Waals surface area contributed by atoms with Crippen LogP contribution in [0.15, 0.2) is 24.3 Å². The van der Waals surface area contributed by atoms with E-state index in [0.717, 1.165) is 0 Å². The maximum Gasteiger partial charge on any atom is 0.326 e. The number of amides is 3. The van der Waals surface area contributed by atoms with Crippen molar-refractivity contribution < 1.29 is 29.4 Å². The van der Waals surface area contributed by atoms with E-state index in [0.29, 0.717) is 24.9 Å². The highest BCUT2D eigenvalue weighted by molar-refractivity contribution is 5.94. The second kappa shape index (κ2) is 12.8. The molecular formula is C22H35N5O6. The largest absolute Gasteiger partial charge is 0.508 e. The van der Waals surface area contributed by atoms with Crippen LogP contribution in [-0.2, 0) is 25.6 Å². The number of unbranched alkanes of at least 4 members (excludes halogenated alkanes) is 1. The molecule has 1 rings (SSSR count). The van der Waals surface area contributed by atoms with Crippen molar-refractivity contribution in [1.82, 2.24) is 16.0 Å². The van der Waals surface area contributed by atoms with E-state index in [1.807, 2.05) is 0 Å². The topological polar surface area (TPSA) is 197 Å². The summed E-state index contributed by atoms with van der Waals surface area (Å²) in [4.78, 5) is 49.3. The molecule has 0 heterocycles. The van der Waals surface area contributed by atoms with Crippen molar-refractivity contribution >= 4 is 23.7 Å². The van der Waals surface area contributed by atoms with Gasteiger partial charge in [-0.3, -0.25) is 14.4 Å². The third-order valence-electron chi connectivity index (χ3n) is 4.90. The number of rotatable bonds is 13. The van der Waals surface area contributed by atoms with Crippen LogP contribution in [0.25, 0.3) is 0 Å². The number of aliphatic carboxylic acids is 1. The standard InChI is InChI=1S/C22H35N5O6/c1-13(25-21(33)22(2,3)24)18(29)27-17(12-14-7-9-15(28)10-8-14)19(30)26-16(20(31)32)6-4-5-11-23/h7-10,13,16-17,28H,4-6,11-12,23-24H2,1-3H3,(H,25,33)(H,26,30)(H,27,29)(H,31,32)/t13-,16-,17-/m0/s1. The molecule has 0 fully saturated rings. The smallest absolute Gasteiger partial charge is 0.326 e. The van der Waals surface area contributed by atoms with Crippen LogP contribution in [0.5, 0.6) is 5.75 Å². The predicted molar refractivity (Wildman–Crippen MR) is 122 cm³/mol. The first-order chi connectivity index (χ1) is 15.3. The molecule has 11 nitrogen and oxygen atoms in total. The van der Waals surface area contributed by atoms with Gasteiger partial charge in [0, 0.05) is 6.42 Å². The van der Waals surface area contributed by atoms with E-state index in [9.17, 15) is 29.4 Å². The van der Waals surface area contributed by atoms with Crippen molar-refractivity contribution in [2.24, 2.45) is 11.5 Å². The van der Waals surface area contributed by atoms with Crippen LogP contribution < -0.4 is 27.4 Å². The summed E-state index contributed by atoms with van der Waals surface area (Å²) in [5.41, 5.74) is 10.6. The number of phenolic OH excluding ortho intramolecular Hbond substituents is 1. The maximum absolute atomic E-state index is 12.9. The Morgan fingerprint density at radius 2 is 1.55 bits per heavy atom. The monoisotopic (exact) mass is 465 g/mol. The van der Waals surface area contributed by atoms with E-state index >= 15 is 0 Å². The maximum atomic E-state index is 12.9. The minimum Gasteiger partial charge on any atom is -0.508 e. The number of phenols is 1. The molecule has 0 unspecified atom stereocenters. The van der Waals surface area contributed by atoms with Gasteiger partial charge in [0.25, 0.3) is 0 Å². The molecule has 0 aliphatic rings. The van der Waals surface area contributed by atoms with Crippen LogP contribution in [0.4, 0.5) is 0 Å². The van der Waals surface area contributed by atoms with Gasteiger partial charge in [0.15, 0.2) is 0 Å². The summed E-state index contributed by atoms with van der Waals surface area (Å²) in [6, 6.07) is 2.79. The zero-order valence-corrected chi connectivity index (χ0v) is 19.3. The van der Waals surface area contributed by atoms with Crippen LogP contribution in [0.3, 0.4) is 0 Å². The molecule has 1 aromatic carbocycles. The van der Waals surface area contributed by atoms with Crippen molar-refractivity contribution in [3.05, 3.63) is 29.8 Å². The fraction of sp³-hybridized carbons (Fsp3) is 0.545. The molecule has 0 spiro atoms. The molecule has 0 aliphatic heterocycles. The molecule has 184 valence electrons. The number of hydrogen-bond donors (Lipinski definition) is 7. The summed E-state index contributed by atoms with van der Waals surface area (Å²) in [6.07, 6.45) is 1.36. The van der Waals surface area contributed by atoms with Crippen molar-refractivity contribution in [2.45, 2.75) is 70.1 Å². The van der Waals surface area contributed by atoms with E-state index in [2.05, 4.69) is 16.0 Å². The van der Waals surface area contributed by atoms with Gasteiger partial charge in [-0.2, -0.15) is 0 Å². The highest BCUT2D eigenvalue weighted by atomic mass is 16.4. The first-order valence-corrected chi connectivity index (χ1v) is 10.8. The molecule has 11 heteroatoms. The first-order valence-electron chi connectivity index (χ1n) is 10.8. The highest BCUT2D eigenvalue weighted by Gasteiger charge is 2.30. The molecule has 1 aromatic rings. The molecule has 0 bridgehead atoms. The Bertz CT molecular complexity index is 822. The lowest BCUT2D eigenvalue weighted by molar-refractivity contribution is -0.142. The lowest BCUT2D eigenvalue weighted by Gasteiger charge is -2.25. The van der Waals surface area contributed by atoms with Gasteiger partial charge in [-0.15, -0.1) is 0 Å². The predicted octanol–water partition coefficient (Wildman–Crippen LogP) is -0.640. The summed E-state index contributed by atoms with van der Waals surface area (Å²) in [6.45, 7) is 4.83. The zero-order chi connectivity index (χ0) is 25.2. The molecule has 0 aliphatic carbocycles. The first kappa shape index (κ1) is 27.9. The Balaban J connectivity index is 2.98. The van der Waals surface area contributed by atoms with Gasteiger partial charge in [-0.1, -0.05) is 12.1 Å². The van der Waals surface area contributed by atoms with E-state index in [-0.39, 0.29) is 18.6 Å². The quantitative estimate of drug-likeness (QED) is 0.187. The van der Waals surface area contributed by atoms with Crippen LogP contribution >= 0.6 is 0 Å². The van der Waals surface area contributed by atoms with Gasteiger partial charge >= 0.3 is 5.97 Å². The average Bonchev–Trinajstić information content (AvgIpc) is 2.73. The number of carbonyl (C=O) groups excluding carboxylic acids is 3. The number of carboxylic acids is 1. The molecular weight excluding hydrogens is 430 g/mol. The highest BCUT2D eigenvalue weighted by Crippen LogP contribution is 2.12. The Labute approximate surface area is 193 Å². The molecule has 0 saturated carbocycles. The zero-order valence-electron chi connectivity index (χ0n) is 19.3. The number of carboxylic acid groups (broad SMARTS) is 1. The van der Waals surface area contributed by atoms with Crippen molar-refractivity contribution in [3.8, 4) is 5.75 Å². The van der Waals surface area contributed by atoms with Gasteiger partial charge in [0.1, 0.15) is 23.9 Å². The van der Waals surface area contributed by atoms with Gasteiger partial charge in [-0.25, -0.2) is 4.79 Å². The SMILES string of the molecule is C[C@H](NC(=O)C(C)(C)N)C(=O)N[C@@H](Cc1ccc(O)cc1)C(=O)N[C@@H](CCCCN)C(=O)O. The van der Waals surface area contributed by atoms with Gasteiger partial charge in [0.05, 0.1) is 5.54 Å². The third kappa shape index (κ3) is 9.87. The number of benzene rings is 1. The third-order valence-corrected chi connectivity index (χ3v) is 4.90. The number of carbonyl (C=O) groups is 4. The second-order valence-corrected chi connectivity index (χ2v) is 8.53. The number of nitrogens with one attached hydrogen (secondary N) is 3. The van der Waals surface area contributed by atoms with Crippen LogP contribution in [0, 0.1) is 0 Å². The van der Waals surface area contributed by atoms with Crippen molar-refractivity contribution in [3.63, 3.8) is 0 Å². The van der Waals surface area contributed by atoms with E-state index in [1.54, 1.807) is 12.1 Å². The van der Waals surface area contributed by atoms with Gasteiger partial charge in [0.2, 0.25) is 17.7 Å². The Morgan fingerprint density at radius 1 is 0.970 bits per heavy atom. The lowest BCUT2D eigenvalue weighted by atomic mass is 10.0.